The summed E-state index contributed by atoms with van der Waals surface area (Å²) in [6, 6.07) is 7.92. The molecule has 1 aromatic carbocycles. The van der Waals surface area contributed by atoms with Gasteiger partial charge in [-0.15, -0.1) is 0 Å². The minimum Gasteiger partial charge on any atom is -0.307 e. The summed E-state index contributed by atoms with van der Waals surface area (Å²) < 4.78 is 12.9. The van der Waals surface area contributed by atoms with Gasteiger partial charge in [0.15, 0.2) is 0 Å². The minimum absolute atomic E-state index is 0.153. The Balaban J connectivity index is 1.98. The van der Waals surface area contributed by atoms with Crippen LogP contribution in [0.2, 0.25) is 0 Å². The van der Waals surface area contributed by atoms with E-state index in [1.54, 1.807) is 12.1 Å². The highest BCUT2D eigenvalue weighted by Gasteiger charge is 2.21. The van der Waals surface area contributed by atoms with Gasteiger partial charge in [-0.25, -0.2) is 4.39 Å². The lowest BCUT2D eigenvalue weighted by molar-refractivity contribution is 0.278. The quantitative estimate of drug-likeness (QED) is 0.831. The molecule has 2 heteroatoms. The normalized spacial score (nSPS) is 25.9. The van der Waals surface area contributed by atoms with Crippen molar-refractivity contribution in [2.45, 2.75) is 58.0 Å². The third-order valence-corrected chi connectivity index (χ3v) is 4.05. The topological polar surface area (TPSA) is 12.0 Å². The van der Waals surface area contributed by atoms with E-state index in [2.05, 4.69) is 19.2 Å². The molecule has 1 aliphatic rings. The van der Waals surface area contributed by atoms with Gasteiger partial charge in [-0.2, -0.15) is 0 Å². The molecule has 2 rings (SSSR count). The van der Waals surface area contributed by atoms with Crippen LogP contribution >= 0.6 is 0 Å². The molecule has 3 unspecified atom stereocenters. The van der Waals surface area contributed by atoms with Crippen LogP contribution in [0, 0.1) is 11.7 Å². The average Bonchev–Trinajstić information content (AvgIpc) is 2.37. The molecule has 1 aliphatic carbocycles. The van der Waals surface area contributed by atoms with Crippen LogP contribution in [0.5, 0.6) is 0 Å². The van der Waals surface area contributed by atoms with Crippen LogP contribution in [0.15, 0.2) is 24.3 Å². The molecule has 18 heavy (non-hydrogen) atoms. The Morgan fingerprint density at radius 1 is 1.28 bits per heavy atom. The minimum atomic E-state index is -0.153. The number of rotatable bonds is 4. The summed E-state index contributed by atoms with van der Waals surface area (Å²) in [4.78, 5) is 0. The zero-order valence-electron chi connectivity index (χ0n) is 11.5. The number of benzene rings is 1. The summed E-state index contributed by atoms with van der Waals surface area (Å²) in [7, 11) is 0. The first-order chi connectivity index (χ1) is 8.69. The third-order valence-electron chi connectivity index (χ3n) is 4.05. The Labute approximate surface area is 110 Å². The van der Waals surface area contributed by atoms with E-state index in [1.807, 2.05) is 12.1 Å². The molecule has 0 bridgehead atoms. The Morgan fingerprint density at radius 3 is 2.61 bits per heavy atom. The van der Waals surface area contributed by atoms with Crippen LogP contribution in [0.25, 0.3) is 0 Å². The number of nitrogens with one attached hydrogen (secondary N) is 1. The Hall–Kier alpha value is -0.890. The maximum Gasteiger partial charge on any atom is 0.123 e. The smallest absolute Gasteiger partial charge is 0.123 e. The maximum absolute atomic E-state index is 12.9. The van der Waals surface area contributed by atoms with Crippen molar-refractivity contribution in [3.63, 3.8) is 0 Å². The van der Waals surface area contributed by atoms with Crippen molar-refractivity contribution in [1.82, 2.24) is 5.32 Å². The first-order valence-electron chi connectivity index (χ1n) is 7.20. The summed E-state index contributed by atoms with van der Waals surface area (Å²) in [5, 5.41) is 3.75. The van der Waals surface area contributed by atoms with Crippen molar-refractivity contribution in [3.8, 4) is 0 Å². The molecule has 1 aromatic rings. The predicted molar refractivity (Wildman–Crippen MR) is 74.0 cm³/mol. The van der Waals surface area contributed by atoms with E-state index in [-0.39, 0.29) is 5.82 Å². The first-order valence-corrected chi connectivity index (χ1v) is 7.20. The average molecular weight is 249 g/mol. The fourth-order valence-electron chi connectivity index (χ4n) is 3.01. The van der Waals surface area contributed by atoms with E-state index < -0.39 is 0 Å². The van der Waals surface area contributed by atoms with E-state index >= 15 is 0 Å². The van der Waals surface area contributed by atoms with E-state index in [0.717, 1.165) is 12.3 Å². The molecule has 3 atom stereocenters. The molecule has 0 aliphatic heterocycles. The molecule has 0 spiro atoms. The van der Waals surface area contributed by atoms with Crippen LogP contribution in [0.1, 0.15) is 57.6 Å². The van der Waals surface area contributed by atoms with Gasteiger partial charge in [0.05, 0.1) is 0 Å². The standard InChI is InChI=1S/C16H24FN/c1-3-16(13-7-9-14(17)10-8-13)18-15-6-4-5-12(2)11-15/h7-10,12,15-16,18H,3-6,11H2,1-2H3. The summed E-state index contributed by atoms with van der Waals surface area (Å²) in [5.74, 6) is 0.682. The van der Waals surface area contributed by atoms with Gasteiger partial charge in [0.1, 0.15) is 5.82 Å². The molecule has 0 heterocycles. The fourth-order valence-corrected chi connectivity index (χ4v) is 3.01. The number of halogens is 1. The van der Waals surface area contributed by atoms with Gasteiger partial charge >= 0.3 is 0 Å². The molecule has 100 valence electrons. The highest BCUT2D eigenvalue weighted by atomic mass is 19.1. The van der Waals surface area contributed by atoms with E-state index in [9.17, 15) is 4.39 Å². The first kappa shape index (κ1) is 13.5. The zero-order chi connectivity index (χ0) is 13.0. The van der Waals surface area contributed by atoms with Gasteiger partial charge in [0.25, 0.3) is 0 Å². The lowest BCUT2D eigenvalue weighted by atomic mass is 9.86. The SMILES string of the molecule is CCC(NC1CCCC(C)C1)c1ccc(F)cc1. The molecule has 1 saturated carbocycles. The van der Waals surface area contributed by atoms with Crippen molar-refractivity contribution in [2.75, 3.05) is 0 Å². The van der Waals surface area contributed by atoms with Gasteiger partial charge in [-0.3, -0.25) is 0 Å². The molecule has 0 saturated heterocycles. The largest absolute Gasteiger partial charge is 0.307 e. The Kier molecular flexibility index (Phi) is 4.76. The van der Waals surface area contributed by atoms with Crippen molar-refractivity contribution in [1.29, 1.82) is 0 Å². The van der Waals surface area contributed by atoms with Crippen LogP contribution < -0.4 is 5.32 Å². The van der Waals surface area contributed by atoms with Crippen molar-refractivity contribution in [2.24, 2.45) is 5.92 Å². The summed E-state index contributed by atoms with van der Waals surface area (Å²) in [6.07, 6.45) is 6.31. The summed E-state index contributed by atoms with van der Waals surface area (Å²) in [6.45, 7) is 4.53. The van der Waals surface area contributed by atoms with Crippen LogP contribution in [0.4, 0.5) is 4.39 Å². The molecule has 1 N–H and O–H groups in total. The second kappa shape index (κ2) is 6.33. The highest BCUT2D eigenvalue weighted by molar-refractivity contribution is 5.20. The summed E-state index contributed by atoms with van der Waals surface area (Å²) >= 11 is 0. The summed E-state index contributed by atoms with van der Waals surface area (Å²) in [5.41, 5.74) is 1.21. The Bertz CT molecular complexity index is 360. The van der Waals surface area contributed by atoms with Gasteiger partial charge in [0.2, 0.25) is 0 Å². The molecule has 0 aromatic heterocycles. The van der Waals surface area contributed by atoms with Crippen molar-refractivity contribution in [3.05, 3.63) is 35.6 Å². The highest BCUT2D eigenvalue weighted by Crippen LogP contribution is 2.26. The van der Waals surface area contributed by atoms with Gasteiger partial charge in [-0.1, -0.05) is 38.8 Å². The lowest BCUT2D eigenvalue weighted by Crippen LogP contribution is -2.36. The predicted octanol–water partition coefficient (Wildman–Crippen LogP) is 4.45. The van der Waals surface area contributed by atoms with Crippen LogP contribution in [-0.2, 0) is 0 Å². The van der Waals surface area contributed by atoms with E-state index in [4.69, 9.17) is 0 Å². The molecule has 1 fully saturated rings. The molecular weight excluding hydrogens is 225 g/mol. The Morgan fingerprint density at radius 2 is 2.00 bits per heavy atom. The molecule has 1 nitrogen and oxygen atoms in total. The fraction of sp³-hybridized carbons (Fsp3) is 0.625. The van der Waals surface area contributed by atoms with E-state index in [0.29, 0.717) is 12.1 Å². The zero-order valence-corrected chi connectivity index (χ0v) is 11.5. The van der Waals surface area contributed by atoms with Crippen LogP contribution in [-0.4, -0.2) is 6.04 Å². The van der Waals surface area contributed by atoms with Crippen molar-refractivity contribution >= 4 is 0 Å². The van der Waals surface area contributed by atoms with Gasteiger partial charge < -0.3 is 5.32 Å². The maximum atomic E-state index is 12.9. The number of hydrogen-bond acceptors (Lipinski definition) is 1. The van der Waals surface area contributed by atoms with E-state index in [1.165, 1.54) is 31.2 Å². The van der Waals surface area contributed by atoms with Gasteiger partial charge in [0, 0.05) is 12.1 Å². The van der Waals surface area contributed by atoms with Gasteiger partial charge in [-0.05, 0) is 42.9 Å². The number of hydrogen-bond donors (Lipinski definition) is 1. The van der Waals surface area contributed by atoms with Crippen molar-refractivity contribution < 1.29 is 4.39 Å². The third kappa shape index (κ3) is 3.55. The van der Waals surface area contributed by atoms with Crippen LogP contribution in [0.3, 0.4) is 0 Å². The second-order valence-electron chi connectivity index (χ2n) is 5.65. The lowest BCUT2D eigenvalue weighted by Gasteiger charge is -2.31. The molecule has 0 radical (unpaired) electrons. The monoisotopic (exact) mass is 249 g/mol. The second-order valence-corrected chi connectivity index (χ2v) is 5.65. The molecular formula is C16H24FN. The molecule has 0 amide bonds.